The number of hydrogen-bond donors (Lipinski definition) is 1. The number of hydrogen-bond acceptors (Lipinski definition) is 3. The summed E-state index contributed by atoms with van der Waals surface area (Å²) < 4.78 is 26.2. The first-order chi connectivity index (χ1) is 7.81. The van der Waals surface area contributed by atoms with Crippen molar-refractivity contribution in [3.63, 3.8) is 0 Å². The van der Waals surface area contributed by atoms with Gasteiger partial charge in [-0.2, -0.15) is 0 Å². The van der Waals surface area contributed by atoms with Gasteiger partial charge >= 0.3 is 0 Å². The Morgan fingerprint density at radius 2 is 1.67 bits per heavy atom. The minimum atomic E-state index is -3.55. The molecule has 0 aliphatic rings. The third-order valence-corrected chi connectivity index (χ3v) is 3.87. The molecule has 0 radical (unpaired) electrons. The van der Waals surface area contributed by atoms with Crippen molar-refractivity contribution in [3.8, 4) is 0 Å². The molecule has 0 aromatic heterocycles. The van der Waals surface area contributed by atoms with E-state index in [9.17, 15) is 8.42 Å². The molecule has 0 unspecified atom stereocenters. The summed E-state index contributed by atoms with van der Waals surface area (Å²) in [4.78, 5) is 1.96. The second-order valence-electron chi connectivity index (χ2n) is 3.81. The van der Waals surface area contributed by atoms with Gasteiger partial charge in [0.25, 0.3) is 0 Å². The van der Waals surface area contributed by atoms with Gasteiger partial charge in [0.2, 0.25) is 10.0 Å². The number of rotatable bonds is 5. The largest absolute Gasteiger partial charge is 0.308 e. The smallest absolute Gasteiger partial charge is 0.240 e. The van der Waals surface area contributed by atoms with Gasteiger partial charge in [0, 0.05) is 23.1 Å². The number of nitrogens with zero attached hydrogens (tertiary/aromatic N) is 1. The van der Waals surface area contributed by atoms with Crippen LogP contribution in [-0.2, 0) is 10.0 Å². The Kier molecular flexibility index (Phi) is 7.51. The monoisotopic (exact) mass is 332 g/mol. The van der Waals surface area contributed by atoms with Crippen LogP contribution in [0.5, 0.6) is 0 Å². The quantitative estimate of drug-likeness (QED) is 0.899. The molecule has 0 aliphatic carbocycles. The van der Waals surface area contributed by atoms with Gasteiger partial charge in [-0.3, -0.25) is 0 Å². The maximum atomic E-state index is 11.9. The summed E-state index contributed by atoms with van der Waals surface area (Å²) in [6.45, 7) is 0.951. The molecule has 0 amide bonds. The van der Waals surface area contributed by atoms with Crippen molar-refractivity contribution in [2.75, 3.05) is 27.2 Å². The Hall–Kier alpha value is -0.0400. The van der Waals surface area contributed by atoms with Crippen molar-refractivity contribution < 1.29 is 8.42 Å². The normalized spacial score (nSPS) is 11.4. The summed E-state index contributed by atoms with van der Waals surface area (Å²) in [5.74, 6) is 0. The molecule has 18 heavy (non-hydrogen) atoms. The lowest BCUT2D eigenvalue weighted by molar-refractivity contribution is 0.412. The van der Waals surface area contributed by atoms with Gasteiger partial charge in [-0.25, -0.2) is 13.1 Å². The van der Waals surface area contributed by atoms with Gasteiger partial charge in [-0.15, -0.1) is 12.4 Å². The molecule has 104 valence electrons. The van der Waals surface area contributed by atoms with Crippen molar-refractivity contribution in [2.45, 2.75) is 4.90 Å². The zero-order valence-corrected chi connectivity index (χ0v) is 13.1. The van der Waals surface area contributed by atoms with Crippen LogP contribution in [0.2, 0.25) is 10.0 Å². The third-order valence-electron chi connectivity index (χ3n) is 2.00. The number of sulfonamides is 1. The molecule has 1 aromatic carbocycles. The molecule has 0 saturated carbocycles. The molecule has 0 bridgehead atoms. The molecular formula is C10H15Cl3N2O2S. The molecule has 4 nitrogen and oxygen atoms in total. The molecule has 0 saturated heterocycles. The first-order valence-corrected chi connectivity index (χ1v) is 7.15. The van der Waals surface area contributed by atoms with E-state index in [-0.39, 0.29) is 17.3 Å². The minimum Gasteiger partial charge on any atom is -0.308 e. The fraction of sp³-hybridized carbons (Fsp3) is 0.400. The van der Waals surface area contributed by atoms with E-state index in [0.717, 1.165) is 0 Å². The lowest BCUT2D eigenvalue weighted by atomic mass is 10.4. The minimum absolute atomic E-state index is 0. The standard InChI is InChI=1S/C10H14Cl2N2O2S.ClH/c1-14(2)4-3-13-17(15,16)10-6-8(11)5-9(12)7-10;/h5-7,13H,3-4H2,1-2H3;1H. The maximum absolute atomic E-state index is 11.9. The Labute approximate surface area is 124 Å². The van der Waals surface area contributed by atoms with Crippen molar-refractivity contribution >= 4 is 45.6 Å². The topological polar surface area (TPSA) is 49.4 Å². The average Bonchev–Trinajstić information content (AvgIpc) is 2.14. The summed E-state index contributed by atoms with van der Waals surface area (Å²) in [6, 6.07) is 4.22. The number of halogens is 3. The van der Waals surface area contributed by atoms with E-state index >= 15 is 0 Å². The second kappa shape index (κ2) is 7.53. The summed E-state index contributed by atoms with van der Waals surface area (Å²) >= 11 is 11.5. The Bertz CT molecular complexity index is 472. The second-order valence-corrected chi connectivity index (χ2v) is 6.45. The molecule has 1 aromatic rings. The van der Waals surface area contributed by atoms with Crippen molar-refractivity contribution in [1.29, 1.82) is 0 Å². The molecule has 0 fully saturated rings. The van der Waals surface area contributed by atoms with E-state index in [1.165, 1.54) is 18.2 Å². The SMILES string of the molecule is CN(C)CCNS(=O)(=O)c1cc(Cl)cc(Cl)c1.Cl. The van der Waals surface area contributed by atoms with E-state index in [1.807, 2.05) is 19.0 Å². The highest BCUT2D eigenvalue weighted by Crippen LogP contribution is 2.21. The molecule has 0 aliphatic heterocycles. The van der Waals surface area contributed by atoms with Crippen LogP contribution < -0.4 is 4.72 Å². The average molecular weight is 334 g/mol. The summed E-state index contributed by atoms with van der Waals surface area (Å²) in [5, 5.41) is 0.593. The van der Waals surface area contributed by atoms with Gasteiger partial charge in [0.05, 0.1) is 4.90 Å². The van der Waals surface area contributed by atoms with Crippen LogP contribution in [0, 0.1) is 0 Å². The lowest BCUT2D eigenvalue weighted by Crippen LogP contribution is -2.31. The maximum Gasteiger partial charge on any atom is 0.240 e. The van der Waals surface area contributed by atoms with E-state index in [1.54, 1.807) is 0 Å². The van der Waals surface area contributed by atoms with Crippen molar-refractivity contribution in [3.05, 3.63) is 28.2 Å². The lowest BCUT2D eigenvalue weighted by Gasteiger charge is -2.11. The molecule has 1 rings (SSSR count). The highest BCUT2D eigenvalue weighted by molar-refractivity contribution is 7.89. The summed E-state index contributed by atoms with van der Waals surface area (Å²) in [6.07, 6.45) is 0. The molecule has 1 N–H and O–H groups in total. The first kappa shape index (κ1) is 18.0. The van der Waals surface area contributed by atoms with Crippen molar-refractivity contribution in [2.24, 2.45) is 0 Å². The van der Waals surface area contributed by atoms with Crippen LogP contribution in [0.4, 0.5) is 0 Å². The third kappa shape index (κ3) is 5.73. The molecular weight excluding hydrogens is 319 g/mol. The van der Waals surface area contributed by atoms with E-state index in [2.05, 4.69) is 4.72 Å². The highest BCUT2D eigenvalue weighted by Gasteiger charge is 2.14. The van der Waals surface area contributed by atoms with Gasteiger partial charge in [-0.1, -0.05) is 23.2 Å². The Morgan fingerprint density at radius 3 is 2.11 bits per heavy atom. The van der Waals surface area contributed by atoms with Gasteiger partial charge < -0.3 is 4.90 Å². The molecule has 8 heteroatoms. The Balaban J connectivity index is 0.00000289. The van der Waals surface area contributed by atoms with Crippen LogP contribution in [0.3, 0.4) is 0 Å². The molecule has 0 heterocycles. The van der Waals surface area contributed by atoms with Crippen LogP contribution in [0.15, 0.2) is 23.1 Å². The highest BCUT2D eigenvalue weighted by atomic mass is 35.5. The van der Waals surface area contributed by atoms with Gasteiger partial charge in [0.15, 0.2) is 0 Å². The first-order valence-electron chi connectivity index (χ1n) is 4.92. The van der Waals surface area contributed by atoms with E-state index in [0.29, 0.717) is 23.1 Å². The summed E-state index contributed by atoms with van der Waals surface area (Å²) in [5.41, 5.74) is 0. The fourth-order valence-corrected chi connectivity index (χ4v) is 2.92. The van der Waals surface area contributed by atoms with Gasteiger partial charge in [0.1, 0.15) is 0 Å². The molecule has 0 spiro atoms. The zero-order valence-electron chi connectivity index (χ0n) is 9.98. The Morgan fingerprint density at radius 1 is 1.17 bits per heavy atom. The van der Waals surface area contributed by atoms with Crippen molar-refractivity contribution in [1.82, 2.24) is 9.62 Å². The number of nitrogens with one attached hydrogen (secondary N) is 1. The van der Waals surface area contributed by atoms with Crippen LogP contribution in [0.1, 0.15) is 0 Å². The van der Waals surface area contributed by atoms with Crippen LogP contribution >= 0.6 is 35.6 Å². The van der Waals surface area contributed by atoms with Gasteiger partial charge in [-0.05, 0) is 32.3 Å². The predicted molar refractivity (Wildman–Crippen MR) is 77.5 cm³/mol. The molecule has 0 atom stereocenters. The number of benzene rings is 1. The number of likely N-dealkylation sites (N-methyl/N-ethyl adjacent to an activating group) is 1. The van der Waals surface area contributed by atoms with Crippen LogP contribution in [0.25, 0.3) is 0 Å². The zero-order chi connectivity index (χ0) is 13.1. The summed E-state index contributed by atoms with van der Waals surface area (Å²) in [7, 11) is 0.185. The van der Waals surface area contributed by atoms with Crippen LogP contribution in [-0.4, -0.2) is 40.5 Å². The fourth-order valence-electron chi connectivity index (χ4n) is 1.17. The predicted octanol–water partition coefficient (Wildman–Crippen LogP) is 2.26. The van der Waals surface area contributed by atoms with E-state index < -0.39 is 10.0 Å². The van der Waals surface area contributed by atoms with E-state index in [4.69, 9.17) is 23.2 Å².